The number of hydrogen-bond acceptors (Lipinski definition) is 4. The van der Waals surface area contributed by atoms with Crippen molar-refractivity contribution in [3.05, 3.63) is 35.9 Å². The number of nitrogens with zero attached hydrogens (tertiary/aromatic N) is 1. The molecule has 19 heavy (non-hydrogen) atoms. The molecule has 0 amide bonds. The lowest BCUT2D eigenvalue weighted by Gasteiger charge is -2.43. The summed E-state index contributed by atoms with van der Waals surface area (Å²) >= 11 is 0. The van der Waals surface area contributed by atoms with Crippen molar-refractivity contribution >= 4 is 5.97 Å². The van der Waals surface area contributed by atoms with Gasteiger partial charge in [-0.3, -0.25) is 4.90 Å². The van der Waals surface area contributed by atoms with E-state index in [9.17, 15) is 4.79 Å². The Morgan fingerprint density at radius 1 is 1.32 bits per heavy atom. The van der Waals surface area contributed by atoms with Crippen LogP contribution in [0.3, 0.4) is 0 Å². The molecule has 1 aliphatic rings. The number of nitrogens with one attached hydrogen (secondary N) is 1. The molecule has 0 saturated carbocycles. The molecule has 4 nitrogen and oxygen atoms in total. The number of carbonyl (C=O) groups excluding carboxylic acids is 1. The lowest BCUT2D eigenvalue weighted by molar-refractivity contribution is -0.157. The fourth-order valence-corrected chi connectivity index (χ4v) is 2.93. The van der Waals surface area contributed by atoms with Crippen molar-refractivity contribution in [3.63, 3.8) is 0 Å². The van der Waals surface area contributed by atoms with Gasteiger partial charge in [0.25, 0.3) is 0 Å². The average Bonchev–Trinajstić information content (AvgIpc) is 2.50. The van der Waals surface area contributed by atoms with E-state index in [-0.39, 0.29) is 5.97 Å². The molecule has 1 unspecified atom stereocenters. The number of ether oxygens (including phenoxy) is 1. The van der Waals surface area contributed by atoms with Crippen molar-refractivity contribution in [2.24, 2.45) is 0 Å². The van der Waals surface area contributed by atoms with E-state index >= 15 is 0 Å². The molecule has 1 aliphatic heterocycles. The van der Waals surface area contributed by atoms with Gasteiger partial charge in [-0.1, -0.05) is 37.3 Å². The van der Waals surface area contributed by atoms with Crippen LogP contribution in [0.2, 0.25) is 0 Å². The maximum absolute atomic E-state index is 12.5. The summed E-state index contributed by atoms with van der Waals surface area (Å²) in [5.74, 6) is -0.164. The SMILES string of the molecule is CCC(C(=O)OC)(c1ccccc1)N1CCNCC1. The van der Waals surface area contributed by atoms with E-state index in [2.05, 4.69) is 10.2 Å². The Bertz CT molecular complexity index is 415. The average molecular weight is 262 g/mol. The maximum Gasteiger partial charge on any atom is 0.330 e. The van der Waals surface area contributed by atoms with Crippen LogP contribution < -0.4 is 5.32 Å². The highest BCUT2D eigenvalue weighted by molar-refractivity contribution is 5.82. The van der Waals surface area contributed by atoms with E-state index in [1.165, 1.54) is 7.11 Å². The number of methoxy groups -OCH3 is 1. The third-order valence-electron chi connectivity index (χ3n) is 3.94. The third-order valence-corrected chi connectivity index (χ3v) is 3.94. The van der Waals surface area contributed by atoms with Crippen molar-refractivity contribution < 1.29 is 9.53 Å². The first kappa shape index (κ1) is 14.0. The normalized spacial score (nSPS) is 19.7. The minimum Gasteiger partial charge on any atom is -0.467 e. The topological polar surface area (TPSA) is 41.6 Å². The quantitative estimate of drug-likeness (QED) is 0.832. The van der Waals surface area contributed by atoms with E-state index in [4.69, 9.17) is 4.74 Å². The first-order valence-electron chi connectivity index (χ1n) is 6.85. The van der Waals surface area contributed by atoms with Crippen molar-refractivity contribution in [3.8, 4) is 0 Å². The minimum atomic E-state index is -0.655. The number of rotatable bonds is 4. The van der Waals surface area contributed by atoms with Crippen LogP contribution in [-0.2, 0) is 15.1 Å². The zero-order valence-electron chi connectivity index (χ0n) is 11.7. The standard InChI is InChI=1S/C15H22N2O2/c1-3-15(14(18)19-2,13-7-5-4-6-8-13)17-11-9-16-10-12-17/h4-8,16H,3,9-12H2,1-2H3. The highest BCUT2D eigenvalue weighted by Gasteiger charge is 2.45. The molecule has 0 aliphatic carbocycles. The van der Waals surface area contributed by atoms with Crippen LogP contribution >= 0.6 is 0 Å². The lowest BCUT2D eigenvalue weighted by atomic mass is 9.84. The van der Waals surface area contributed by atoms with Crippen LogP contribution in [0, 0.1) is 0 Å². The molecule has 0 aromatic heterocycles. The van der Waals surface area contributed by atoms with Gasteiger partial charge in [-0.2, -0.15) is 0 Å². The molecule has 1 fully saturated rings. The van der Waals surface area contributed by atoms with Gasteiger partial charge in [0.2, 0.25) is 0 Å². The molecule has 4 heteroatoms. The van der Waals surface area contributed by atoms with Gasteiger partial charge in [-0.15, -0.1) is 0 Å². The number of carbonyl (C=O) groups is 1. The van der Waals surface area contributed by atoms with Gasteiger partial charge in [-0.25, -0.2) is 4.79 Å². The van der Waals surface area contributed by atoms with Crippen molar-refractivity contribution in [2.75, 3.05) is 33.3 Å². The highest BCUT2D eigenvalue weighted by atomic mass is 16.5. The number of piperazine rings is 1. The van der Waals surface area contributed by atoms with Gasteiger partial charge in [0.1, 0.15) is 5.54 Å². The molecule has 1 saturated heterocycles. The summed E-state index contributed by atoms with van der Waals surface area (Å²) in [6, 6.07) is 9.96. The summed E-state index contributed by atoms with van der Waals surface area (Å²) in [5, 5.41) is 3.33. The molecular formula is C15H22N2O2. The van der Waals surface area contributed by atoms with E-state index in [1.54, 1.807) is 0 Å². The van der Waals surface area contributed by atoms with Crippen LogP contribution in [0.25, 0.3) is 0 Å². The van der Waals surface area contributed by atoms with Crippen LogP contribution in [0.5, 0.6) is 0 Å². The molecule has 2 rings (SSSR count). The maximum atomic E-state index is 12.5. The predicted octanol–water partition coefficient (Wildman–Crippen LogP) is 1.37. The molecule has 1 atom stereocenters. The summed E-state index contributed by atoms with van der Waals surface area (Å²) in [6.45, 7) is 5.58. The molecule has 1 aromatic rings. The third kappa shape index (κ3) is 2.51. The Hall–Kier alpha value is -1.39. The Labute approximate surface area is 114 Å². The Morgan fingerprint density at radius 2 is 1.95 bits per heavy atom. The van der Waals surface area contributed by atoms with Crippen LogP contribution in [0.15, 0.2) is 30.3 Å². The summed E-state index contributed by atoms with van der Waals surface area (Å²) < 4.78 is 5.11. The molecule has 0 bridgehead atoms. The van der Waals surface area contributed by atoms with Crippen LogP contribution in [0.1, 0.15) is 18.9 Å². The summed E-state index contributed by atoms with van der Waals surface area (Å²) in [7, 11) is 1.47. The van der Waals surface area contributed by atoms with E-state index in [0.29, 0.717) is 6.42 Å². The van der Waals surface area contributed by atoms with Crippen LogP contribution in [-0.4, -0.2) is 44.2 Å². The van der Waals surface area contributed by atoms with E-state index in [1.807, 2.05) is 37.3 Å². The zero-order valence-corrected chi connectivity index (χ0v) is 11.7. The van der Waals surface area contributed by atoms with Crippen molar-refractivity contribution in [1.29, 1.82) is 0 Å². The second-order valence-electron chi connectivity index (χ2n) is 4.81. The van der Waals surface area contributed by atoms with Gasteiger partial charge in [0, 0.05) is 26.2 Å². The zero-order chi connectivity index (χ0) is 13.7. The Morgan fingerprint density at radius 3 is 2.47 bits per heavy atom. The lowest BCUT2D eigenvalue weighted by Crippen LogP contribution is -2.58. The molecule has 1 heterocycles. The molecule has 0 spiro atoms. The van der Waals surface area contributed by atoms with E-state index in [0.717, 1.165) is 31.7 Å². The summed E-state index contributed by atoms with van der Waals surface area (Å²) in [5.41, 5.74) is 0.365. The molecule has 104 valence electrons. The molecule has 1 aromatic carbocycles. The minimum absolute atomic E-state index is 0.164. The predicted molar refractivity (Wildman–Crippen MR) is 74.9 cm³/mol. The monoisotopic (exact) mass is 262 g/mol. The fourth-order valence-electron chi connectivity index (χ4n) is 2.93. The van der Waals surface area contributed by atoms with Gasteiger partial charge in [0.05, 0.1) is 7.11 Å². The van der Waals surface area contributed by atoms with Crippen LogP contribution in [0.4, 0.5) is 0 Å². The van der Waals surface area contributed by atoms with Crippen molar-refractivity contribution in [1.82, 2.24) is 10.2 Å². The highest BCUT2D eigenvalue weighted by Crippen LogP contribution is 2.33. The van der Waals surface area contributed by atoms with Gasteiger partial charge >= 0.3 is 5.97 Å². The molecular weight excluding hydrogens is 240 g/mol. The Kier molecular flexibility index (Phi) is 4.56. The van der Waals surface area contributed by atoms with Gasteiger partial charge < -0.3 is 10.1 Å². The number of benzene rings is 1. The number of hydrogen-bond donors (Lipinski definition) is 1. The summed E-state index contributed by atoms with van der Waals surface area (Å²) in [6.07, 6.45) is 0.712. The van der Waals surface area contributed by atoms with Gasteiger partial charge in [-0.05, 0) is 12.0 Å². The second kappa shape index (κ2) is 6.17. The number of esters is 1. The Balaban J connectivity index is 2.44. The smallest absolute Gasteiger partial charge is 0.330 e. The fraction of sp³-hybridized carbons (Fsp3) is 0.533. The van der Waals surface area contributed by atoms with E-state index < -0.39 is 5.54 Å². The van der Waals surface area contributed by atoms with Crippen molar-refractivity contribution in [2.45, 2.75) is 18.9 Å². The summed E-state index contributed by atoms with van der Waals surface area (Å²) in [4.78, 5) is 14.7. The first-order chi connectivity index (χ1) is 9.25. The largest absolute Gasteiger partial charge is 0.467 e. The molecule has 0 radical (unpaired) electrons. The van der Waals surface area contributed by atoms with Gasteiger partial charge in [0.15, 0.2) is 0 Å². The first-order valence-corrected chi connectivity index (χ1v) is 6.85. The molecule has 1 N–H and O–H groups in total. The second-order valence-corrected chi connectivity index (χ2v) is 4.81.